The highest BCUT2D eigenvalue weighted by Crippen LogP contribution is 2.22. The second kappa shape index (κ2) is 10.3. The van der Waals surface area contributed by atoms with E-state index in [0.29, 0.717) is 13.2 Å². The van der Waals surface area contributed by atoms with E-state index >= 15 is 0 Å². The van der Waals surface area contributed by atoms with Crippen LogP contribution in [0.25, 0.3) is 0 Å². The second-order valence-electron chi connectivity index (χ2n) is 6.66. The van der Waals surface area contributed by atoms with Crippen molar-refractivity contribution in [3.05, 3.63) is 65.2 Å². The van der Waals surface area contributed by atoms with Crippen LogP contribution in [0.15, 0.2) is 48.5 Å². The highest BCUT2D eigenvalue weighted by Gasteiger charge is 2.18. The first-order valence-electron chi connectivity index (χ1n) is 9.05. The van der Waals surface area contributed by atoms with Crippen LogP contribution >= 0.6 is 12.4 Å². The van der Waals surface area contributed by atoms with Crippen molar-refractivity contribution < 1.29 is 14.3 Å². The Kier molecular flexibility index (Phi) is 8.10. The molecule has 5 nitrogen and oxygen atoms in total. The molecule has 1 amide bonds. The molecule has 0 bridgehead atoms. The summed E-state index contributed by atoms with van der Waals surface area (Å²) < 4.78 is 11.6. The number of nitrogens with two attached hydrogens (primary N) is 1. The standard InChI is InChI=1S/C21H26N2O3.ClH/c1-15-9-10-17(19(12-15)26-14-18-8-5-11-25-18)13-23-21(24)20(22)16-6-3-2-4-7-16;/h2-4,6-7,9-10,12,18,20H,5,8,11,13-14,22H2,1H3,(H,23,24);1H. The fourth-order valence-electron chi connectivity index (χ4n) is 3.00. The van der Waals surface area contributed by atoms with Crippen molar-refractivity contribution in [1.82, 2.24) is 5.32 Å². The largest absolute Gasteiger partial charge is 0.491 e. The molecule has 1 heterocycles. The van der Waals surface area contributed by atoms with E-state index in [1.54, 1.807) is 0 Å². The number of benzene rings is 2. The lowest BCUT2D eigenvalue weighted by Gasteiger charge is -2.17. The van der Waals surface area contributed by atoms with Crippen LogP contribution in [0, 0.1) is 6.92 Å². The maximum Gasteiger partial charge on any atom is 0.241 e. The summed E-state index contributed by atoms with van der Waals surface area (Å²) in [5, 5.41) is 2.91. The molecule has 1 saturated heterocycles. The summed E-state index contributed by atoms with van der Waals surface area (Å²) >= 11 is 0. The van der Waals surface area contributed by atoms with Gasteiger partial charge in [-0.25, -0.2) is 0 Å². The molecule has 1 aliphatic rings. The summed E-state index contributed by atoms with van der Waals surface area (Å²) in [5.74, 6) is 0.580. The Bertz CT molecular complexity index is 733. The number of amides is 1. The first-order valence-corrected chi connectivity index (χ1v) is 9.05. The van der Waals surface area contributed by atoms with Crippen LogP contribution in [-0.4, -0.2) is 25.2 Å². The van der Waals surface area contributed by atoms with Crippen LogP contribution in [0.5, 0.6) is 5.75 Å². The molecule has 0 aromatic heterocycles. The zero-order valence-electron chi connectivity index (χ0n) is 15.5. The molecule has 3 N–H and O–H groups in total. The maximum absolute atomic E-state index is 12.4. The first kappa shape index (κ1) is 21.2. The van der Waals surface area contributed by atoms with E-state index in [4.69, 9.17) is 15.2 Å². The molecular formula is C21H27ClN2O3. The molecule has 2 unspecified atom stereocenters. The van der Waals surface area contributed by atoms with Gasteiger partial charge in [-0.15, -0.1) is 12.4 Å². The van der Waals surface area contributed by atoms with Gasteiger partial charge in [0.25, 0.3) is 0 Å². The van der Waals surface area contributed by atoms with Crippen molar-refractivity contribution in [1.29, 1.82) is 0 Å². The van der Waals surface area contributed by atoms with Crippen LogP contribution in [-0.2, 0) is 16.1 Å². The van der Waals surface area contributed by atoms with Crippen LogP contribution < -0.4 is 15.8 Å². The smallest absolute Gasteiger partial charge is 0.241 e. The summed E-state index contributed by atoms with van der Waals surface area (Å²) in [6.45, 7) is 3.74. The number of rotatable bonds is 7. The Labute approximate surface area is 166 Å². The van der Waals surface area contributed by atoms with Gasteiger partial charge in [-0.2, -0.15) is 0 Å². The van der Waals surface area contributed by atoms with Gasteiger partial charge in [-0.05, 0) is 37.0 Å². The Balaban J connectivity index is 0.00000261. The molecule has 0 spiro atoms. The van der Waals surface area contributed by atoms with Crippen molar-refractivity contribution >= 4 is 18.3 Å². The first-order chi connectivity index (χ1) is 12.6. The zero-order chi connectivity index (χ0) is 18.4. The van der Waals surface area contributed by atoms with E-state index < -0.39 is 6.04 Å². The molecule has 0 saturated carbocycles. The van der Waals surface area contributed by atoms with E-state index in [1.165, 1.54) is 0 Å². The monoisotopic (exact) mass is 390 g/mol. The third-order valence-electron chi connectivity index (χ3n) is 4.57. The fraction of sp³-hybridized carbons (Fsp3) is 0.381. The van der Waals surface area contributed by atoms with Crippen molar-refractivity contribution in [3.63, 3.8) is 0 Å². The molecule has 6 heteroatoms. The molecular weight excluding hydrogens is 364 g/mol. The summed E-state index contributed by atoms with van der Waals surface area (Å²) in [7, 11) is 0. The minimum absolute atomic E-state index is 0. The molecule has 1 aliphatic heterocycles. The second-order valence-corrected chi connectivity index (χ2v) is 6.66. The Morgan fingerprint density at radius 3 is 2.78 bits per heavy atom. The molecule has 0 aliphatic carbocycles. The molecule has 2 aromatic rings. The Morgan fingerprint density at radius 1 is 1.30 bits per heavy atom. The average molecular weight is 391 g/mol. The Hall–Kier alpha value is -2.08. The van der Waals surface area contributed by atoms with Gasteiger partial charge in [0, 0.05) is 18.7 Å². The minimum atomic E-state index is -0.682. The quantitative estimate of drug-likeness (QED) is 0.760. The number of carbonyl (C=O) groups is 1. The number of ether oxygens (including phenoxy) is 2. The lowest BCUT2D eigenvalue weighted by atomic mass is 10.1. The van der Waals surface area contributed by atoms with Crippen LogP contribution in [0.1, 0.15) is 35.6 Å². The normalized spacial score (nSPS) is 17.0. The predicted molar refractivity (Wildman–Crippen MR) is 108 cm³/mol. The number of aryl methyl sites for hydroxylation is 1. The highest BCUT2D eigenvalue weighted by molar-refractivity contribution is 5.85. The number of hydrogen-bond donors (Lipinski definition) is 2. The van der Waals surface area contributed by atoms with Gasteiger partial charge in [0.05, 0.1) is 6.10 Å². The lowest BCUT2D eigenvalue weighted by molar-refractivity contribution is -0.122. The van der Waals surface area contributed by atoms with E-state index in [9.17, 15) is 4.79 Å². The number of carbonyl (C=O) groups excluding carboxylic acids is 1. The molecule has 1 fully saturated rings. The Morgan fingerprint density at radius 2 is 2.07 bits per heavy atom. The lowest BCUT2D eigenvalue weighted by Crippen LogP contribution is -2.33. The van der Waals surface area contributed by atoms with E-state index in [-0.39, 0.29) is 24.4 Å². The van der Waals surface area contributed by atoms with E-state index in [0.717, 1.165) is 41.9 Å². The maximum atomic E-state index is 12.4. The third kappa shape index (κ3) is 5.96. The van der Waals surface area contributed by atoms with Crippen molar-refractivity contribution in [3.8, 4) is 5.75 Å². The van der Waals surface area contributed by atoms with Gasteiger partial charge in [0.1, 0.15) is 18.4 Å². The zero-order valence-corrected chi connectivity index (χ0v) is 16.3. The molecule has 146 valence electrons. The topological polar surface area (TPSA) is 73.6 Å². The predicted octanol–water partition coefficient (Wildman–Crippen LogP) is 3.29. The molecule has 2 atom stereocenters. The number of hydrogen-bond acceptors (Lipinski definition) is 4. The molecule has 0 radical (unpaired) electrons. The van der Waals surface area contributed by atoms with Crippen LogP contribution in [0.4, 0.5) is 0 Å². The summed E-state index contributed by atoms with van der Waals surface area (Å²) in [6, 6.07) is 14.7. The average Bonchev–Trinajstić information content (AvgIpc) is 3.19. The van der Waals surface area contributed by atoms with Gasteiger partial charge in [-0.3, -0.25) is 4.79 Å². The van der Waals surface area contributed by atoms with Crippen molar-refractivity contribution in [2.75, 3.05) is 13.2 Å². The minimum Gasteiger partial charge on any atom is -0.491 e. The van der Waals surface area contributed by atoms with Gasteiger partial charge >= 0.3 is 0 Å². The number of nitrogens with one attached hydrogen (secondary N) is 1. The van der Waals surface area contributed by atoms with Gasteiger partial charge < -0.3 is 20.5 Å². The summed E-state index contributed by atoms with van der Waals surface area (Å²) in [4.78, 5) is 12.4. The van der Waals surface area contributed by atoms with E-state index in [2.05, 4.69) is 5.32 Å². The van der Waals surface area contributed by atoms with Gasteiger partial charge in [0.2, 0.25) is 5.91 Å². The van der Waals surface area contributed by atoms with Crippen molar-refractivity contribution in [2.45, 2.75) is 38.5 Å². The van der Waals surface area contributed by atoms with Crippen LogP contribution in [0.2, 0.25) is 0 Å². The third-order valence-corrected chi connectivity index (χ3v) is 4.57. The highest BCUT2D eigenvalue weighted by atomic mass is 35.5. The van der Waals surface area contributed by atoms with Gasteiger partial charge in [0.15, 0.2) is 0 Å². The summed E-state index contributed by atoms with van der Waals surface area (Å²) in [6.07, 6.45) is 2.27. The van der Waals surface area contributed by atoms with Crippen molar-refractivity contribution in [2.24, 2.45) is 5.73 Å². The molecule has 27 heavy (non-hydrogen) atoms. The molecule has 3 rings (SSSR count). The summed E-state index contributed by atoms with van der Waals surface area (Å²) in [5.41, 5.74) is 8.89. The fourth-order valence-corrected chi connectivity index (χ4v) is 3.00. The van der Waals surface area contributed by atoms with E-state index in [1.807, 2.05) is 55.5 Å². The SMILES string of the molecule is Cc1ccc(CNC(=O)C(N)c2ccccc2)c(OCC2CCCO2)c1.Cl. The number of halogens is 1. The molecule has 2 aromatic carbocycles. The van der Waals surface area contributed by atoms with Crippen LogP contribution in [0.3, 0.4) is 0 Å². The van der Waals surface area contributed by atoms with Gasteiger partial charge in [-0.1, -0.05) is 42.5 Å².